The molecule has 0 bridgehead atoms. The van der Waals surface area contributed by atoms with Gasteiger partial charge in [-0.1, -0.05) is 25.4 Å². The van der Waals surface area contributed by atoms with Crippen LogP contribution < -0.4 is 10.7 Å². The van der Waals surface area contributed by atoms with Gasteiger partial charge in [-0.15, -0.1) is 0 Å². The second-order valence-electron chi connectivity index (χ2n) is 6.63. The molecule has 0 aliphatic rings. The quantitative estimate of drug-likeness (QED) is 0.601. The molecule has 1 amide bonds. The van der Waals surface area contributed by atoms with Crippen LogP contribution in [0.3, 0.4) is 0 Å². The number of anilines is 1. The number of hydrogen-bond acceptors (Lipinski definition) is 4. The predicted molar refractivity (Wildman–Crippen MR) is 118 cm³/mol. The maximum absolute atomic E-state index is 12.5. The number of pyridine rings is 1. The van der Waals surface area contributed by atoms with Gasteiger partial charge in [0.15, 0.2) is 5.43 Å². The first-order valence-electron chi connectivity index (χ1n) is 9.45. The minimum atomic E-state index is -3.55. The fourth-order valence-electron chi connectivity index (χ4n) is 3.20. The molecule has 0 fully saturated rings. The normalized spacial score (nSPS) is 11.7. The summed E-state index contributed by atoms with van der Waals surface area (Å²) in [6, 6.07) is 12.4. The fourth-order valence-corrected chi connectivity index (χ4v) is 4.83. The molecule has 0 spiro atoms. The van der Waals surface area contributed by atoms with Gasteiger partial charge in [0, 0.05) is 41.4 Å². The standard InChI is InChI=1S/C21H22ClN3O4S/c1-3-25(4-2)30(28,29)17-8-6-16(7-9-17)23-21(27)14-24-12-11-20(26)18-13-15(22)5-10-19(18)24/h5-13H,3-4,14H2,1-2H3,(H,23,27). The average Bonchev–Trinajstić information content (AvgIpc) is 2.71. The Morgan fingerprint density at radius 1 is 1.07 bits per heavy atom. The summed E-state index contributed by atoms with van der Waals surface area (Å²) in [5.74, 6) is -0.311. The van der Waals surface area contributed by atoms with E-state index in [1.165, 1.54) is 22.5 Å². The Hall–Kier alpha value is -2.68. The van der Waals surface area contributed by atoms with Crippen LogP contribution in [0.2, 0.25) is 5.02 Å². The molecular weight excluding hydrogens is 426 g/mol. The molecule has 0 atom stereocenters. The van der Waals surface area contributed by atoms with Crippen molar-refractivity contribution in [2.75, 3.05) is 18.4 Å². The summed E-state index contributed by atoms with van der Waals surface area (Å²) >= 11 is 5.97. The number of benzene rings is 2. The largest absolute Gasteiger partial charge is 0.338 e. The van der Waals surface area contributed by atoms with Crippen molar-refractivity contribution >= 4 is 44.1 Å². The Labute approximate surface area is 179 Å². The molecule has 1 N–H and O–H groups in total. The van der Waals surface area contributed by atoms with E-state index in [-0.39, 0.29) is 22.8 Å². The first kappa shape index (κ1) is 22.0. The van der Waals surface area contributed by atoms with Crippen molar-refractivity contribution in [1.29, 1.82) is 0 Å². The zero-order chi connectivity index (χ0) is 21.9. The van der Waals surface area contributed by atoms with Crippen LogP contribution in [-0.2, 0) is 21.4 Å². The third-order valence-electron chi connectivity index (χ3n) is 4.73. The number of carbonyl (C=O) groups excluding carboxylic acids is 1. The Morgan fingerprint density at radius 3 is 2.37 bits per heavy atom. The molecule has 9 heteroatoms. The topological polar surface area (TPSA) is 88.5 Å². The van der Waals surface area contributed by atoms with Crippen molar-refractivity contribution in [3.8, 4) is 0 Å². The lowest BCUT2D eigenvalue weighted by Gasteiger charge is -2.18. The Bertz CT molecular complexity index is 1230. The molecule has 2 aromatic carbocycles. The van der Waals surface area contributed by atoms with Gasteiger partial charge in [-0.25, -0.2) is 8.42 Å². The molecule has 3 aromatic rings. The second-order valence-corrected chi connectivity index (χ2v) is 9.01. The Kier molecular flexibility index (Phi) is 6.60. The van der Waals surface area contributed by atoms with Crippen LogP contribution in [0.25, 0.3) is 10.9 Å². The van der Waals surface area contributed by atoms with Gasteiger partial charge >= 0.3 is 0 Å². The van der Waals surface area contributed by atoms with E-state index < -0.39 is 10.0 Å². The van der Waals surface area contributed by atoms with Crippen LogP contribution in [0.5, 0.6) is 0 Å². The number of halogens is 1. The van der Waals surface area contributed by atoms with Gasteiger partial charge in [-0.3, -0.25) is 9.59 Å². The first-order chi connectivity index (χ1) is 14.3. The van der Waals surface area contributed by atoms with E-state index in [9.17, 15) is 18.0 Å². The van der Waals surface area contributed by atoms with E-state index in [4.69, 9.17) is 11.6 Å². The molecule has 1 heterocycles. The number of sulfonamides is 1. The third-order valence-corrected chi connectivity index (χ3v) is 7.03. The van der Waals surface area contributed by atoms with Gasteiger partial charge in [0.05, 0.1) is 10.4 Å². The number of carbonyl (C=O) groups is 1. The number of nitrogens with zero attached hydrogens (tertiary/aromatic N) is 2. The van der Waals surface area contributed by atoms with E-state index >= 15 is 0 Å². The van der Waals surface area contributed by atoms with Crippen molar-refractivity contribution < 1.29 is 13.2 Å². The SMILES string of the molecule is CCN(CC)S(=O)(=O)c1ccc(NC(=O)Cn2ccc(=O)c3cc(Cl)ccc32)cc1. The van der Waals surface area contributed by atoms with Crippen LogP contribution in [-0.4, -0.2) is 36.3 Å². The molecule has 0 saturated carbocycles. The minimum absolute atomic E-state index is 0.0160. The second kappa shape index (κ2) is 8.99. The van der Waals surface area contributed by atoms with Gasteiger partial charge in [0.1, 0.15) is 6.54 Å². The van der Waals surface area contributed by atoms with Gasteiger partial charge in [-0.05, 0) is 42.5 Å². The van der Waals surface area contributed by atoms with E-state index in [1.54, 1.807) is 54.9 Å². The maximum atomic E-state index is 12.5. The van der Waals surface area contributed by atoms with Gasteiger partial charge in [-0.2, -0.15) is 4.31 Å². The van der Waals surface area contributed by atoms with E-state index in [1.807, 2.05) is 0 Å². The molecule has 158 valence electrons. The number of amides is 1. The van der Waals surface area contributed by atoms with Crippen molar-refractivity contribution in [2.24, 2.45) is 0 Å². The molecule has 1 aromatic heterocycles. The van der Waals surface area contributed by atoms with Crippen molar-refractivity contribution in [3.05, 3.63) is 70.0 Å². The number of fused-ring (bicyclic) bond motifs is 1. The monoisotopic (exact) mass is 447 g/mol. The predicted octanol–water partition coefficient (Wildman–Crippen LogP) is 3.32. The van der Waals surface area contributed by atoms with Crippen LogP contribution in [0, 0.1) is 0 Å². The van der Waals surface area contributed by atoms with Crippen LogP contribution in [0.1, 0.15) is 13.8 Å². The third kappa shape index (κ3) is 4.56. The molecular formula is C21H22ClN3O4S. The zero-order valence-electron chi connectivity index (χ0n) is 16.6. The highest BCUT2D eigenvalue weighted by Crippen LogP contribution is 2.19. The molecule has 0 saturated heterocycles. The summed E-state index contributed by atoms with van der Waals surface area (Å²) in [4.78, 5) is 24.7. The maximum Gasteiger partial charge on any atom is 0.244 e. The summed E-state index contributed by atoms with van der Waals surface area (Å²) in [6.45, 7) is 4.32. The molecule has 7 nitrogen and oxygen atoms in total. The van der Waals surface area contributed by atoms with Crippen LogP contribution in [0.15, 0.2) is 64.4 Å². The summed E-state index contributed by atoms with van der Waals surface area (Å²) in [5, 5.41) is 3.62. The molecule has 3 rings (SSSR count). The van der Waals surface area contributed by atoms with Crippen molar-refractivity contribution in [1.82, 2.24) is 8.87 Å². The molecule has 0 unspecified atom stereocenters. The fraction of sp³-hybridized carbons (Fsp3) is 0.238. The van der Waals surface area contributed by atoms with Crippen molar-refractivity contribution in [3.63, 3.8) is 0 Å². The molecule has 0 aliphatic heterocycles. The van der Waals surface area contributed by atoms with E-state index in [2.05, 4.69) is 5.32 Å². The summed E-state index contributed by atoms with van der Waals surface area (Å²) in [7, 11) is -3.55. The minimum Gasteiger partial charge on any atom is -0.338 e. The van der Waals surface area contributed by atoms with Gasteiger partial charge in [0.25, 0.3) is 0 Å². The van der Waals surface area contributed by atoms with E-state index in [0.717, 1.165) is 0 Å². The lowest BCUT2D eigenvalue weighted by molar-refractivity contribution is -0.116. The Morgan fingerprint density at radius 2 is 1.73 bits per heavy atom. The average molecular weight is 448 g/mol. The lowest BCUT2D eigenvalue weighted by atomic mass is 10.2. The first-order valence-corrected chi connectivity index (χ1v) is 11.3. The summed E-state index contributed by atoms with van der Waals surface area (Å²) < 4.78 is 28.1. The smallest absolute Gasteiger partial charge is 0.244 e. The number of rotatable bonds is 7. The van der Waals surface area contributed by atoms with Gasteiger partial charge < -0.3 is 9.88 Å². The van der Waals surface area contributed by atoms with Crippen molar-refractivity contribution in [2.45, 2.75) is 25.3 Å². The van der Waals surface area contributed by atoms with Gasteiger partial charge in [0.2, 0.25) is 15.9 Å². The number of hydrogen-bond donors (Lipinski definition) is 1. The molecule has 0 aliphatic carbocycles. The van der Waals surface area contributed by atoms with Crippen LogP contribution >= 0.6 is 11.6 Å². The van der Waals surface area contributed by atoms with Crippen LogP contribution in [0.4, 0.5) is 5.69 Å². The zero-order valence-corrected chi connectivity index (χ0v) is 18.2. The molecule has 0 radical (unpaired) electrons. The highest BCUT2D eigenvalue weighted by atomic mass is 35.5. The molecule has 30 heavy (non-hydrogen) atoms. The Balaban J connectivity index is 1.77. The highest BCUT2D eigenvalue weighted by molar-refractivity contribution is 7.89. The number of nitrogens with one attached hydrogen (secondary N) is 1. The summed E-state index contributed by atoms with van der Waals surface area (Å²) in [6.07, 6.45) is 1.55. The lowest BCUT2D eigenvalue weighted by Crippen LogP contribution is -2.30. The summed E-state index contributed by atoms with van der Waals surface area (Å²) in [5.41, 5.74) is 0.906. The van der Waals surface area contributed by atoms with E-state index in [0.29, 0.717) is 34.7 Å². The number of aromatic nitrogens is 1. The highest BCUT2D eigenvalue weighted by Gasteiger charge is 2.21.